The zero-order valence-electron chi connectivity index (χ0n) is 24.4. The van der Waals surface area contributed by atoms with Crippen LogP contribution in [0.3, 0.4) is 0 Å². The number of thioether (sulfide) groups is 2. The van der Waals surface area contributed by atoms with Gasteiger partial charge in [0.2, 0.25) is 0 Å². The van der Waals surface area contributed by atoms with E-state index in [-0.39, 0.29) is 10.5 Å². The van der Waals surface area contributed by atoms with Gasteiger partial charge >= 0.3 is 0 Å². The number of amidine groups is 2. The Labute approximate surface area is 265 Å². The normalized spacial score (nSPS) is 20.1. The van der Waals surface area contributed by atoms with Crippen LogP contribution < -0.4 is 10.6 Å². The van der Waals surface area contributed by atoms with Crippen molar-refractivity contribution in [2.75, 3.05) is 10.6 Å². The number of hydrogen-bond donors (Lipinski definition) is 2. The van der Waals surface area contributed by atoms with E-state index in [1.165, 1.54) is 23.5 Å². The van der Waals surface area contributed by atoms with Crippen molar-refractivity contribution < 1.29 is 9.59 Å². The van der Waals surface area contributed by atoms with E-state index in [9.17, 15) is 9.59 Å². The first-order valence-corrected chi connectivity index (χ1v) is 16.0. The Balaban J connectivity index is 1.37. The number of nitrogens with zero attached hydrogens (tertiary/aromatic N) is 4. The summed E-state index contributed by atoms with van der Waals surface area (Å²) in [4.78, 5) is 30.1. The van der Waals surface area contributed by atoms with Crippen molar-refractivity contribution in [2.24, 2.45) is 10.2 Å². The first-order chi connectivity index (χ1) is 21.4. The molecule has 0 spiro atoms. The fourth-order valence-electron chi connectivity index (χ4n) is 4.83. The summed E-state index contributed by atoms with van der Waals surface area (Å²) in [6, 6.07) is 35.7. The van der Waals surface area contributed by atoms with Crippen molar-refractivity contribution in [2.45, 2.75) is 37.7 Å². The molecule has 2 unspecified atom stereocenters. The van der Waals surface area contributed by atoms with Crippen LogP contribution in [0, 0.1) is 13.8 Å². The largest absolute Gasteiger partial charge is 0.367 e. The van der Waals surface area contributed by atoms with Crippen LogP contribution in [0.2, 0.25) is 0 Å². The monoisotopic (exact) mass is 620 g/mol. The van der Waals surface area contributed by atoms with Crippen LogP contribution in [0.4, 0.5) is 21.0 Å². The Morgan fingerprint density at radius 3 is 1.30 bits per heavy atom. The zero-order valence-corrected chi connectivity index (χ0v) is 26.0. The van der Waals surface area contributed by atoms with Crippen LogP contribution in [0.25, 0.3) is 0 Å². The molecule has 6 rings (SSSR count). The second kappa shape index (κ2) is 13.4. The lowest BCUT2D eigenvalue weighted by molar-refractivity contribution is 0.242. The van der Waals surface area contributed by atoms with Gasteiger partial charge < -0.3 is 10.6 Å². The number of benzene rings is 4. The molecule has 4 aromatic rings. The molecule has 2 heterocycles. The predicted octanol–water partition coefficient (Wildman–Crippen LogP) is 7.93. The van der Waals surface area contributed by atoms with E-state index in [2.05, 4.69) is 10.6 Å². The number of carbonyl (C=O) groups is 2. The van der Waals surface area contributed by atoms with E-state index in [1.54, 1.807) is 9.80 Å². The van der Waals surface area contributed by atoms with Gasteiger partial charge in [0.15, 0.2) is 11.7 Å². The fourth-order valence-corrected chi connectivity index (χ4v) is 6.76. The Bertz CT molecular complexity index is 1550. The Kier molecular flexibility index (Phi) is 8.99. The minimum atomic E-state index is -0.464. The molecular weight excluding hydrogens is 589 g/mol. The lowest BCUT2D eigenvalue weighted by atomic mass is 10.2. The Morgan fingerprint density at radius 1 is 0.568 bits per heavy atom. The van der Waals surface area contributed by atoms with Crippen LogP contribution in [-0.4, -0.2) is 42.7 Å². The summed E-state index contributed by atoms with van der Waals surface area (Å²) in [5, 5.41) is 15.2. The average Bonchev–Trinajstić information content (AvgIpc) is 3.48. The van der Waals surface area contributed by atoms with Crippen LogP contribution >= 0.6 is 23.5 Å². The average molecular weight is 621 g/mol. The van der Waals surface area contributed by atoms with Gasteiger partial charge in [0.1, 0.15) is 10.7 Å². The van der Waals surface area contributed by atoms with Crippen molar-refractivity contribution in [1.82, 2.24) is 9.80 Å². The summed E-state index contributed by atoms with van der Waals surface area (Å²) in [7, 11) is 0. The topological polar surface area (TPSA) is 89.4 Å². The second-order valence-electron chi connectivity index (χ2n) is 10.6. The van der Waals surface area contributed by atoms with Gasteiger partial charge in [-0.1, -0.05) is 96.1 Å². The number of nitrogens with one attached hydrogen (secondary N) is 2. The van der Waals surface area contributed by atoms with Gasteiger partial charge in [0, 0.05) is 11.4 Å². The summed E-state index contributed by atoms with van der Waals surface area (Å²) in [6.07, 6.45) is 0. The number of rotatable bonds is 9. The van der Waals surface area contributed by atoms with Gasteiger partial charge in [-0.2, -0.15) is 0 Å². The smallest absolute Gasteiger partial charge is 0.289 e. The standard InChI is InChI=1S/C34H32N6O2S2/c1-23-13-17-27(18-14-23)35-31-29(39(33(41)43-31)21-25-9-5-3-6-10-25)37-38-30-32(36-28-19-15-24(2)16-20-28)44-34(42)40(30)22-26-11-7-4-8-12-26/h3-20,31-32,35-36H,21-22H2,1-2H3/b37-29+,38-30?. The molecule has 2 atom stereocenters. The third-order valence-corrected chi connectivity index (χ3v) is 9.19. The summed E-state index contributed by atoms with van der Waals surface area (Å²) in [5.74, 6) is 0.963. The van der Waals surface area contributed by atoms with Gasteiger partial charge in [0.05, 0.1) is 13.1 Å². The van der Waals surface area contributed by atoms with Crippen LogP contribution in [0.5, 0.6) is 0 Å². The van der Waals surface area contributed by atoms with Crippen molar-refractivity contribution in [3.8, 4) is 0 Å². The summed E-state index contributed by atoms with van der Waals surface area (Å²) in [5.41, 5.74) is 6.00. The first-order valence-electron chi connectivity index (χ1n) is 14.3. The van der Waals surface area contributed by atoms with E-state index in [0.29, 0.717) is 24.8 Å². The molecule has 2 aliphatic rings. The summed E-state index contributed by atoms with van der Waals surface area (Å²) in [6.45, 7) is 4.78. The van der Waals surface area contributed by atoms with Gasteiger partial charge in [-0.3, -0.25) is 19.4 Å². The minimum absolute atomic E-state index is 0.121. The molecular formula is C34H32N6O2S2. The summed E-state index contributed by atoms with van der Waals surface area (Å²) < 4.78 is 0. The van der Waals surface area contributed by atoms with Crippen LogP contribution in [-0.2, 0) is 13.1 Å². The van der Waals surface area contributed by atoms with E-state index in [4.69, 9.17) is 10.2 Å². The molecule has 0 bridgehead atoms. The maximum absolute atomic E-state index is 13.4. The molecule has 0 saturated carbocycles. The van der Waals surface area contributed by atoms with Gasteiger partial charge in [-0.05, 0) is 72.8 Å². The second-order valence-corrected chi connectivity index (χ2v) is 12.7. The van der Waals surface area contributed by atoms with Crippen LogP contribution in [0.1, 0.15) is 22.3 Å². The van der Waals surface area contributed by atoms with E-state index >= 15 is 0 Å². The lowest BCUT2D eigenvalue weighted by Crippen LogP contribution is -2.36. The quantitative estimate of drug-likeness (QED) is 0.185. The molecule has 8 nitrogen and oxygen atoms in total. The molecule has 4 aromatic carbocycles. The van der Waals surface area contributed by atoms with Crippen molar-refractivity contribution in [3.63, 3.8) is 0 Å². The highest BCUT2D eigenvalue weighted by Gasteiger charge is 2.40. The molecule has 0 aromatic heterocycles. The molecule has 0 radical (unpaired) electrons. The number of anilines is 2. The predicted molar refractivity (Wildman–Crippen MR) is 182 cm³/mol. The molecule has 2 amide bonds. The number of aryl methyl sites for hydroxylation is 2. The highest BCUT2D eigenvalue weighted by Crippen LogP contribution is 2.33. The van der Waals surface area contributed by atoms with Crippen LogP contribution in [0.15, 0.2) is 119 Å². The Morgan fingerprint density at radius 2 is 0.932 bits per heavy atom. The molecule has 222 valence electrons. The summed E-state index contributed by atoms with van der Waals surface area (Å²) >= 11 is 2.33. The van der Waals surface area contributed by atoms with Crippen molar-refractivity contribution >= 4 is 57.0 Å². The highest BCUT2D eigenvalue weighted by molar-refractivity contribution is 8.15. The first kappa shape index (κ1) is 29.5. The van der Waals surface area contributed by atoms with E-state index in [0.717, 1.165) is 33.6 Å². The molecule has 0 aliphatic carbocycles. The Hall–Kier alpha value is -4.54. The van der Waals surface area contributed by atoms with Gasteiger partial charge in [0.25, 0.3) is 10.5 Å². The molecule has 10 heteroatoms. The van der Waals surface area contributed by atoms with Crippen molar-refractivity contribution in [1.29, 1.82) is 0 Å². The third kappa shape index (κ3) is 6.98. The van der Waals surface area contributed by atoms with Gasteiger partial charge in [-0.25, -0.2) is 0 Å². The third-order valence-electron chi connectivity index (χ3n) is 7.22. The molecule has 44 heavy (non-hydrogen) atoms. The number of amides is 2. The maximum Gasteiger partial charge on any atom is 0.289 e. The van der Waals surface area contributed by atoms with Gasteiger partial charge in [-0.15, -0.1) is 10.2 Å². The fraction of sp³-hybridized carbons (Fsp3) is 0.176. The highest BCUT2D eigenvalue weighted by atomic mass is 32.2. The minimum Gasteiger partial charge on any atom is -0.367 e. The SMILES string of the molecule is Cc1ccc(NC2SC(=O)N(Cc3ccccc3)C2=N/N=C2\C(Nc3ccc(C)cc3)SC(=O)N2Cc2ccccc2)cc1. The lowest BCUT2D eigenvalue weighted by Gasteiger charge is -2.20. The zero-order chi connectivity index (χ0) is 30.5. The van der Waals surface area contributed by atoms with E-state index in [1.807, 2.05) is 123 Å². The molecule has 2 aliphatic heterocycles. The molecule has 2 saturated heterocycles. The molecule has 2 N–H and O–H groups in total. The number of carbonyl (C=O) groups excluding carboxylic acids is 2. The van der Waals surface area contributed by atoms with E-state index < -0.39 is 10.7 Å². The maximum atomic E-state index is 13.4. The molecule has 2 fully saturated rings. The van der Waals surface area contributed by atoms with Crippen molar-refractivity contribution in [3.05, 3.63) is 131 Å². The number of hydrogen-bond acceptors (Lipinski definition) is 8.